The number of hydrogen-bond acceptors (Lipinski definition) is 4. The number of nitrogens with one attached hydrogen (secondary N) is 1. The summed E-state index contributed by atoms with van der Waals surface area (Å²) in [6.45, 7) is 0.359. The normalized spacial score (nSPS) is 10.6. The number of carboxylic acid groups (broad SMARTS) is 1. The van der Waals surface area contributed by atoms with Crippen LogP contribution in [-0.2, 0) is 11.3 Å². The molecule has 6 nitrogen and oxygen atoms in total. The molecule has 0 atom stereocenters. The highest BCUT2D eigenvalue weighted by Crippen LogP contribution is 2.04. The average molecular weight is 272 g/mol. The third kappa shape index (κ3) is 3.81. The molecular formula is C14H12N2O4. The summed E-state index contributed by atoms with van der Waals surface area (Å²) in [5.74, 6) is -1.34. The van der Waals surface area contributed by atoms with Crippen LogP contribution < -0.4 is 5.32 Å². The van der Waals surface area contributed by atoms with Crippen LogP contribution in [0.5, 0.6) is 0 Å². The Morgan fingerprint density at radius 1 is 1.35 bits per heavy atom. The number of carboxylic acids is 1. The van der Waals surface area contributed by atoms with Gasteiger partial charge in [0.25, 0.3) is 5.91 Å². The third-order valence-electron chi connectivity index (χ3n) is 2.47. The van der Waals surface area contributed by atoms with Crippen LogP contribution in [0.4, 0.5) is 0 Å². The van der Waals surface area contributed by atoms with E-state index in [-0.39, 0.29) is 11.6 Å². The molecule has 0 aromatic carbocycles. The van der Waals surface area contributed by atoms with Crippen molar-refractivity contribution >= 4 is 18.0 Å². The fourth-order valence-corrected chi connectivity index (χ4v) is 1.47. The van der Waals surface area contributed by atoms with Crippen molar-refractivity contribution in [2.45, 2.75) is 6.54 Å². The van der Waals surface area contributed by atoms with E-state index in [0.29, 0.717) is 12.1 Å². The molecule has 2 aromatic heterocycles. The molecule has 0 saturated heterocycles. The minimum atomic E-state index is -1.04. The van der Waals surface area contributed by atoms with Crippen LogP contribution in [-0.4, -0.2) is 22.0 Å². The molecule has 2 N–H and O–H groups in total. The first-order valence-electron chi connectivity index (χ1n) is 5.81. The van der Waals surface area contributed by atoms with Gasteiger partial charge >= 0.3 is 5.97 Å². The zero-order chi connectivity index (χ0) is 14.4. The number of carbonyl (C=O) groups is 2. The van der Waals surface area contributed by atoms with Gasteiger partial charge in [0.1, 0.15) is 5.69 Å². The van der Waals surface area contributed by atoms with E-state index in [4.69, 9.17) is 9.52 Å². The molecule has 1 amide bonds. The summed E-state index contributed by atoms with van der Waals surface area (Å²) < 4.78 is 4.89. The third-order valence-corrected chi connectivity index (χ3v) is 2.47. The number of pyridine rings is 1. The minimum Gasteiger partial charge on any atom is -0.478 e. The van der Waals surface area contributed by atoms with Crippen molar-refractivity contribution in [3.8, 4) is 0 Å². The highest BCUT2D eigenvalue weighted by Gasteiger charge is 2.06. The van der Waals surface area contributed by atoms with E-state index in [1.807, 2.05) is 0 Å². The van der Waals surface area contributed by atoms with Gasteiger partial charge in [-0.3, -0.25) is 9.78 Å². The number of rotatable bonds is 5. The van der Waals surface area contributed by atoms with Gasteiger partial charge in [0.15, 0.2) is 0 Å². The molecule has 20 heavy (non-hydrogen) atoms. The van der Waals surface area contributed by atoms with Gasteiger partial charge in [-0.05, 0) is 23.8 Å². The fourth-order valence-electron chi connectivity index (χ4n) is 1.47. The number of nitrogens with zero attached hydrogens (tertiary/aromatic N) is 1. The first-order valence-corrected chi connectivity index (χ1v) is 5.81. The van der Waals surface area contributed by atoms with Gasteiger partial charge in [-0.25, -0.2) is 4.79 Å². The number of aliphatic carboxylic acids is 1. The number of amides is 1. The average Bonchev–Trinajstić information content (AvgIpc) is 2.96. The second-order valence-corrected chi connectivity index (χ2v) is 3.96. The van der Waals surface area contributed by atoms with Gasteiger partial charge in [-0.15, -0.1) is 0 Å². The molecule has 0 aliphatic carbocycles. The highest BCUT2D eigenvalue weighted by atomic mass is 16.4. The van der Waals surface area contributed by atoms with E-state index in [9.17, 15) is 9.59 Å². The molecule has 0 unspecified atom stereocenters. The summed E-state index contributed by atoms with van der Waals surface area (Å²) in [6.07, 6.45) is 6.93. The molecule has 2 aromatic rings. The molecule has 0 radical (unpaired) electrons. The Kier molecular flexibility index (Phi) is 4.28. The molecule has 102 valence electrons. The highest BCUT2D eigenvalue weighted by molar-refractivity contribution is 5.92. The smallest absolute Gasteiger partial charge is 0.328 e. The van der Waals surface area contributed by atoms with E-state index in [1.165, 1.54) is 24.6 Å². The van der Waals surface area contributed by atoms with Gasteiger partial charge in [0.2, 0.25) is 0 Å². The molecule has 0 bridgehead atoms. The quantitative estimate of drug-likeness (QED) is 0.808. The lowest BCUT2D eigenvalue weighted by atomic mass is 10.2. The zero-order valence-corrected chi connectivity index (χ0v) is 10.4. The lowest BCUT2D eigenvalue weighted by molar-refractivity contribution is -0.131. The maximum Gasteiger partial charge on any atom is 0.328 e. The van der Waals surface area contributed by atoms with E-state index in [0.717, 1.165) is 11.6 Å². The monoisotopic (exact) mass is 272 g/mol. The maximum absolute atomic E-state index is 11.8. The van der Waals surface area contributed by atoms with Crippen LogP contribution in [0.25, 0.3) is 6.08 Å². The fraction of sp³-hybridized carbons (Fsp3) is 0.0714. The van der Waals surface area contributed by atoms with Crippen molar-refractivity contribution < 1.29 is 19.1 Å². The van der Waals surface area contributed by atoms with Gasteiger partial charge in [0, 0.05) is 24.4 Å². The molecule has 0 spiro atoms. The molecular weight excluding hydrogens is 260 g/mol. The van der Waals surface area contributed by atoms with Gasteiger partial charge in [-0.1, -0.05) is 6.07 Å². The summed E-state index contributed by atoms with van der Waals surface area (Å²) >= 11 is 0. The van der Waals surface area contributed by atoms with Gasteiger partial charge in [-0.2, -0.15) is 0 Å². The van der Waals surface area contributed by atoms with Gasteiger partial charge < -0.3 is 14.8 Å². The van der Waals surface area contributed by atoms with Crippen LogP contribution in [0.2, 0.25) is 0 Å². The lowest BCUT2D eigenvalue weighted by Gasteiger charge is -2.03. The SMILES string of the molecule is O=C(O)/C=C/c1ccc(C(=O)NCc2ccoc2)nc1. The Hall–Kier alpha value is -2.89. The Morgan fingerprint density at radius 3 is 2.80 bits per heavy atom. The Morgan fingerprint density at radius 2 is 2.20 bits per heavy atom. The summed E-state index contributed by atoms with van der Waals surface area (Å²) in [5, 5.41) is 11.2. The molecule has 2 heterocycles. The zero-order valence-electron chi connectivity index (χ0n) is 10.4. The van der Waals surface area contributed by atoms with Crippen molar-refractivity contribution in [3.05, 3.63) is 59.8 Å². The topological polar surface area (TPSA) is 92.4 Å². The molecule has 2 rings (SSSR count). The van der Waals surface area contributed by atoms with E-state index in [2.05, 4.69) is 10.3 Å². The number of hydrogen-bond donors (Lipinski definition) is 2. The summed E-state index contributed by atoms with van der Waals surface area (Å²) in [5.41, 5.74) is 1.74. The Bertz CT molecular complexity index is 615. The largest absolute Gasteiger partial charge is 0.478 e. The minimum absolute atomic E-state index is 0.265. The Balaban J connectivity index is 1.95. The Labute approximate surface area is 114 Å². The number of carbonyl (C=O) groups excluding carboxylic acids is 1. The van der Waals surface area contributed by atoms with Crippen molar-refractivity contribution in [2.24, 2.45) is 0 Å². The first-order chi connectivity index (χ1) is 9.65. The van der Waals surface area contributed by atoms with E-state index in [1.54, 1.807) is 18.4 Å². The second-order valence-electron chi connectivity index (χ2n) is 3.96. The first kappa shape index (κ1) is 13.5. The second kappa shape index (κ2) is 6.33. The van der Waals surface area contributed by atoms with Crippen LogP contribution in [0.1, 0.15) is 21.6 Å². The number of aromatic nitrogens is 1. The number of furan rings is 1. The van der Waals surface area contributed by atoms with Crippen LogP contribution in [0.3, 0.4) is 0 Å². The van der Waals surface area contributed by atoms with Crippen molar-refractivity contribution in [1.82, 2.24) is 10.3 Å². The van der Waals surface area contributed by atoms with E-state index < -0.39 is 5.97 Å². The predicted molar refractivity (Wildman–Crippen MR) is 70.8 cm³/mol. The van der Waals surface area contributed by atoms with Crippen LogP contribution in [0.15, 0.2) is 47.4 Å². The van der Waals surface area contributed by atoms with Gasteiger partial charge in [0.05, 0.1) is 12.5 Å². The molecule has 6 heteroatoms. The van der Waals surface area contributed by atoms with E-state index >= 15 is 0 Å². The van der Waals surface area contributed by atoms with Crippen LogP contribution >= 0.6 is 0 Å². The maximum atomic E-state index is 11.8. The van der Waals surface area contributed by atoms with Crippen molar-refractivity contribution in [2.75, 3.05) is 0 Å². The molecule has 0 aliphatic rings. The molecule has 0 aliphatic heterocycles. The van der Waals surface area contributed by atoms with Crippen LogP contribution in [0, 0.1) is 0 Å². The summed E-state index contributed by atoms with van der Waals surface area (Å²) in [4.78, 5) is 26.1. The van der Waals surface area contributed by atoms with Crippen molar-refractivity contribution in [3.63, 3.8) is 0 Å². The molecule has 0 fully saturated rings. The summed E-state index contributed by atoms with van der Waals surface area (Å²) in [7, 11) is 0. The standard InChI is InChI=1S/C14H12N2O4/c17-13(18)4-2-10-1-3-12(15-7-10)14(19)16-8-11-5-6-20-9-11/h1-7,9H,8H2,(H,16,19)(H,17,18)/b4-2+. The summed E-state index contributed by atoms with van der Waals surface area (Å²) in [6, 6.07) is 4.92. The molecule has 0 saturated carbocycles. The van der Waals surface area contributed by atoms with Crippen molar-refractivity contribution in [1.29, 1.82) is 0 Å². The lowest BCUT2D eigenvalue weighted by Crippen LogP contribution is -2.23. The predicted octanol–water partition coefficient (Wildman–Crippen LogP) is 1.70.